The molecule has 3 aromatic rings. The topological polar surface area (TPSA) is 71.0 Å². The van der Waals surface area contributed by atoms with Gasteiger partial charge in [-0.25, -0.2) is 9.97 Å². The highest BCUT2D eigenvalue weighted by atomic mass is 16.2. The van der Waals surface area contributed by atoms with Crippen LogP contribution >= 0.6 is 0 Å². The van der Waals surface area contributed by atoms with E-state index < -0.39 is 0 Å². The first-order valence-corrected chi connectivity index (χ1v) is 10.1. The number of carbonyl (C=O) groups excluding carboxylic acids is 1. The number of nitrogens with one attached hydrogen (secondary N) is 1. The Bertz CT molecular complexity index is 954. The molecule has 1 amide bonds. The number of piperidine rings is 1. The Hall–Kier alpha value is -3.28. The van der Waals surface area contributed by atoms with E-state index >= 15 is 0 Å². The second-order valence-corrected chi connectivity index (χ2v) is 7.52. The molecule has 0 bridgehead atoms. The van der Waals surface area contributed by atoms with Crippen LogP contribution in [0.3, 0.4) is 0 Å². The predicted octanol–water partition coefficient (Wildman–Crippen LogP) is 4.02. The van der Waals surface area contributed by atoms with E-state index in [4.69, 9.17) is 0 Å². The molecular weight excluding hydrogens is 362 g/mol. The molecule has 6 nitrogen and oxygen atoms in total. The van der Waals surface area contributed by atoms with Crippen LogP contribution in [0.15, 0.2) is 60.9 Å². The van der Waals surface area contributed by atoms with Crippen LogP contribution in [-0.2, 0) is 6.54 Å². The molecule has 1 saturated heterocycles. The Morgan fingerprint density at radius 3 is 2.62 bits per heavy atom. The maximum Gasteiger partial charge on any atom is 0.272 e. The highest BCUT2D eigenvalue weighted by Crippen LogP contribution is 2.22. The molecule has 4 rings (SSSR count). The monoisotopic (exact) mass is 387 g/mol. The Morgan fingerprint density at radius 1 is 1.10 bits per heavy atom. The Morgan fingerprint density at radius 2 is 1.90 bits per heavy atom. The van der Waals surface area contributed by atoms with Crippen LogP contribution in [0.4, 0.5) is 5.82 Å². The highest BCUT2D eigenvalue weighted by molar-refractivity contribution is 5.93. The minimum atomic E-state index is -0.0269. The number of aromatic nitrogens is 3. The average molecular weight is 387 g/mol. The smallest absolute Gasteiger partial charge is 0.272 e. The summed E-state index contributed by atoms with van der Waals surface area (Å²) in [6.07, 6.45) is 5.63. The van der Waals surface area contributed by atoms with Crippen molar-refractivity contribution in [2.45, 2.75) is 26.3 Å². The van der Waals surface area contributed by atoms with Gasteiger partial charge in [0.2, 0.25) is 0 Å². The quantitative estimate of drug-likeness (QED) is 0.716. The molecule has 0 unspecified atom stereocenters. The number of hydrogen-bond donors (Lipinski definition) is 1. The summed E-state index contributed by atoms with van der Waals surface area (Å²) in [6.45, 7) is 4.38. The Balaban J connectivity index is 1.62. The van der Waals surface area contributed by atoms with Crippen molar-refractivity contribution in [1.82, 2.24) is 19.9 Å². The summed E-state index contributed by atoms with van der Waals surface area (Å²) in [5.41, 5.74) is 2.37. The van der Waals surface area contributed by atoms with E-state index in [-0.39, 0.29) is 5.91 Å². The molecule has 0 radical (unpaired) electrons. The van der Waals surface area contributed by atoms with Crippen molar-refractivity contribution < 1.29 is 4.79 Å². The van der Waals surface area contributed by atoms with Gasteiger partial charge < -0.3 is 10.2 Å². The fourth-order valence-electron chi connectivity index (χ4n) is 3.43. The van der Waals surface area contributed by atoms with Crippen molar-refractivity contribution in [3.63, 3.8) is 0 Å². The molecule has 1 aliphatic heterocycles. The summed E-state index contributed by atoms with van der Waals surface area (Å²) in [7, 11) is 0. The van der Waals surface area contributed by atoms with Crippen molar-refractivity contribution in [2.24, 2.45) is 5.92 Å². The van der Waals surface area contributed by atoms with Crippen LogP contribution in [0.25, 0.3) is 11.4 Å². The fourth-order valence-corrected chi connectivity index (χ4v) is 3.43. The van der Waals surface area contributed by atoms with Gasteiger partial charge in [0.15, 0.2) is 5.82 Å². The second-order valence-electron chi connectivity index (χ2n) is 7.52. The van der Waals surface area contributed by atoms with E-state index in [1.165, 1.54) is 0 Å². The molecule has 1 aliphatic rings. The van der Waals surface area contributed by atoms with Crippen LogP contribution < -0.4 is 5.32 Å². The standard InChI is InChI=1S/C23H25N5O/c1-17-9-12-28(13-10-17)23(29)20-14-21(25-16-18-6-5-11-24-15-18)27-22(26-20)19-7-3-2-4-8-19/h2-8,11,14-15,17H,9-10,12-13,16H2,1H3,(H,25,26,27). The zero-order valence-electron chi connectivity index (χ0n) is 16.6. The third-order valence-electron chi connectivity index (χ3n) is 5.24. The summed E-state index contributed by atoms with van der Waals surface area (Å²) < 4.78 is 0. The van der Waals surface area contributed by atoms with Gasteiger partial charge in [0.1, 0.15) is 11.5 Å². The number of likely N-dealkylation sites (tertiary alicyclic amines) is 1. The SMILES string of the molecule is CC1CCN(C(=O)c2cc(NCc3cccnc3)nc(-c3ccccc3)n2)CC1. The number of nitrogens with zero attached hydrogens (tertiary/aromatic N) is 4. The summed E-state index contributed by atoms with van der Waals surface area (Å²) in [5.74, 6) is 1.83. The summed E-state index contributed by atoms with van der Waals surface area (Å²) in [6, 6.07) is 15.4. The molecule has 29 heavy (non-hydrogen) atoms. The summed E-state index contributed by atoms with van der Waals surface area (Å²) in [4.78, 5) is 28.4. The average Bonchev–Trinajstić information content (AvgIpc) is 2.79. The normalized spacial score (nSPS) is 14.6. The largest absolute Gasteiger partial charge is 0.366 e. The maximum atomic E-state index is 13.1. The van der Waals surface area contributed by atoms with Gasteiger partial charge in [-0.1, -0.05) is 43.3 Å². The van der Waals surface area contributed by atoms with Crippen molar-refractivity contribution in [1.29, 1.82) is 0 Å². The van der Waals surface area contributed by atoms with E-state index in [1.54, 1.807) is 12.3 Å². The minimum Gasteiger partial charge on any atom is -0.366 e. The Kier molecular flexibility index (Phi) is 5.79. The second kappa shape index (κ2) is 8.82. The number of pyridine rings is 1. The summed E-state index contributed by atoms with van der Waals surface area (Å²) in [5, 5.41) is 3.31. The van der Waals surface area contributed by atoms with Gasteiger partial charge in [-0.15, -0.1) is 0 Å². The van der Waals surface area contributed by atoms with Crippen molar-refractivity contribution in [3.8, 4) is 11.4 Å². The lowest BCUT2D eigenvalue weighted by Gasteiger charge is -2.30. The van der Waals surface area contributed by atoms with Gasteiger partial charge in [-0.05, 0) is 30.4 Å². The first kappa shape index (κ1) is 19.1. The highest BCUT2D eigenvalue weighted by Gasteiger charge is 2.23. The third-order valence-corrected chi connectivity index (χ3v) is 5.24. The molecular formula is C23H25N5O. The molecule has 0 aliphatic carbocycles. The lowest BCUT2D eigenvalue weighted by atomic mass is 9.99. The lowest BCUT2D eigenvalue weighted by Crippen LogP contribution is -2.38. The zero-order valence-corrected chi connectivity index (χ0v) is 16.6. The van der Waals surface area contributed by atoms with E-state index in [9.17, 15) is 4.79 Å². The fraction of sp³-hybridized carbons (Fsp3) is 0.304. The molecule has 3 heterocycles. The number of hydrogen-bond acceptors (Lipinski definition) is 5. The van der Waals surface area contributed by atoms with Gasteiger partial charge in [0.25, 0.3) is 5.91 Å². The molecule has 1 fully saturated rings. The van der Waals surface area contributed by atoms with Crippen molar-refractivity contribution in [2.75, 3.05) is 18.4 Å². The summed E-state index contributed by atoms with van der Waals surface area (Å²) >= 11 is 0. The van der Waals surface area contributed by atoms with Crippen molar-refractivity contribution >= 4 is 11.7 Å². The first-order chi connectivity index (χ1) is 14.2. The third kappa shape index (κ3) is 4.77. The molecule has 0 atom stereocenters. The van der Waals surface area contributed by atoms with E-state index in [2.05, 4.69) is 27.2 Å². The molecule has 1 aromatic carbocycles. The minimum absolute atomic E-state index is 0.0269. The van der Waals surface area contributed by atoms with Crippen LogP contribution in [-0.4, -0.2) is 38.8 Å². The number of anilines is 1. The predicted molar refractivity (Wildman–Crippen MR) is 113 cm³/mol. The van der Waals surface area contributed by atoms with Gasteiger partial charge in [-0.2, -0.15) is 0 Å². The number of amides is 1. The number of carbonyl (C=O) groups is 1. The van der Waals surface area contributed by atoms with Gasteiger partial charge in [0.05, 0.1) is 0 Å². The van der Waals surface area contributed by atoms with Crippen LogP contribution in [0.5, 0.6) is 0 Å². The van der Waals surface area contributed by atoms with Gasteiger partial charge >= 0.3 is 0 Å². The van der Waals surface area contributed by atoms with Crippen LogP contribution in [0, 0.1) is 5.92 Å². The van der Waals surface area contributed by atoms with E-state index in [0.717, 1.165) is 37.1 Å². The van der Waals surface area contributed by atoms with E-state index in [1.807, 2.05) is 53.6 Å². The van der Waals surface area contributed by atoms with E-state index in [0.29, 0.717) is 29.8 Å². The zero-order chi connectivity index (χ0) is 20.1. The molecule has 1 N–H and O–H groups in total. The van der Waals surface area contributed by atoms with Gasteiger partial charge in [0, 0.05) is 43.7 Å². The number of rotatable bonds is 5. The maximum absolute atomic E-state index is 13.1. The van der Waals surface area contributed by atoms with Crippen LogP contribution in [0.2, 0.25) is 0 Å². The lowest BCUT2D eigenvalue weighted by molar-refractivity contribution is 0.0691. The van der Waals surface area contributed by atoms with Crippen LogP contribution in [0.1, 0.15) is 35.8 Å². The molecule has 2 aromatic heterocycles. The molecule has 6 heteroatoms. The molecule has 0 spiro atoms. The molecule has 0 saturated carbocycles. The van der Waals surface area contributed by atoms with Crippen molar-refractivity contribution in [3.05, 3.63) is 72.2 Å². The Labute approximate surface area is 171 Å². The first-order valence-electron chi connectivity index (χ1n) is 10.1. The molecule has 148 valence electrons. The number of benzene rings is 1. The van der Waals surface area contributed by atoms with Gasteiger partial charge in [-0.3, -0.25) is 9.78 Å².